The first-order valence-corrected chi connectivity index (χ1v) is 3.05. The molecular formula is C7H6KNO4. The van der Waals surface area contributed by atoms with Gasteiger partial charge >= 0.3 is 51.4 Å². The molecule has 0 heterocycles. The van der Waals surface area contributed by atoms with Gasteiger partial charge in [0, 0.05) is 17.8 Å². The van der Waals surface area contributed by atoms with E-state index in [0.717, 1.165) is 12.1 Å². The second-order valence-electron chi connectivity index (χ2n) is 2.22. The van der Waals surface area contributed by atoms with E-state index in [1.165, 1.54) is 0 Å². The Morgan fingerprint density at radius 1 is 1.31 bits per heavy atom. The molecule has 5 nitrogen and oxygen atoms in total. The summed E-state index contributed by atoms with van der Waals surface area (Å²) in [5.74, 6) is -2.86. The number of aromatic carboxylic acids is 1. The molecule has 1 rings (SSSR count). The zero-order valence-electron chi connectivity index (χ0n) is 6.94. The summed E-state index contributed by atoms with van der Waals surface area (Å²) in [7, 11) is 0. The zero-order chi connectivity index (χ0) is 9.30. The van der Waals surface area contributed by atoms with Crippen molar-refractivity contribution >= 4 is 11.7 Å². The van der Waals surface area contributed by atoms with Crippen LogP contribution in [0.2, 0.25) is 0 Å². The number of carboxylic acids is 1. The third-order valence-electron chi connectivity index (χ3n) is 1.32. The Labute approximate surface area is 117 Å². The van der Waals surface area contributed by atoms with E-state index in [1.54, 1.807) is 0 Å². The molecule has 0 bridgehead atoms. The predicted octanol–water partition coefficient (Wildman–Crippen LogP) is -3.95. The van der Waals surface area contributed by atoms with Crippen molar-refractivity contribution in [2.24, 2.45) is 0 Å². The van der Waals surface area contributed by atoms with Crippen LogP contribution in [0.15, 0.2) is 12.1 Å². The molecule has 0 saturated carbocycles. The van der Waals surface area contributed by atoms with E-state index in [2.05, 4.69) is 0 Å². The molecule has 0 aliphatic rings. The summed E-state index contributed by atoms with van der Waals surface area (Å²) in [5.41, 5.74) is 4.62. The first kappa shape index (κ1) is 12.7. The number of nitrogen functional groups attached to an aromatic ring is 1. The van der Waals surface area contributed by atoms with Crippen LogP contribution in [0.25, 0.3) is 0 Å². The van der Waals surface area contributed by atoms with E-state index >= 15 is 0 Å². The Morgan fingerprint density at radius 2 is 1.69 bits per heavy atom. The number of carbonyl (C=O) groups excluding carboxylic acids is 1. The van der Waals surface area contributed by atoms with Gasteiger partial charge in [0.25, 0.3) is 0 Å². The molecule has 64 valence electrons. The second-order valence-corrected chi connectivity index (χ2v) is 2.22. The van der Waals surface area contributed by atoms with Crippen molar-refractivity contribution in [3.63, 3.8) is 0 Å². The van der Waals surface area contributed by atoms with Crippen LogP contribution in [0.4, 0.5) is 5.69 Å². The smallest absolute Gasteiger partial charge is 0.545 e. The minimum atomic E-state index is -1.65. The van der Waals surface area contributed by atoms with Gasteiger partial charge in [-0.05, 0) is 0 Å². The normalized spacial score (nSPS) is 8.92. The van der Waals surface area contributed by atoms with Gasteiger partial charge in [0.1, 0.15) is 11.5 Å². The van der Waals surface area contributed by atoms with Crippen LogP contribution in [0, 0.1) is 0 Å². The standard InChI is InChI=1S/C7H7NO4.K/c8-3-1-4(9)6(7(11)12)5(10)2-3;/h1-2,9-10H,8H2,(H,11,12);/q;+1/p-1. The molecule has 0 aromatic heterocycles. The van der Waals surface area contributed by atoms with Crippen molar-refractivity contribution in [1.82, 2.24) is 0 Å². The molecule has 1 aromatic rings. The Morgan fingerprint density at radius 3 is 2.00 bits per heavy atom. The molecule has 4 N–H and O–H groups in total. The molecule has 1 aromatic carbocycles. The third-order valence-corrected chi connectivity index (χ3v) is 1.32. The van der Waals surface area contributed by atoms with Gasteiger partial charge in [0.2, 0.25) is 0 Å². The monoisotopic (exact) mass is 207 g/mol. The first-order chi connectivity index (χ1) is 5.52. The number of nitrogens with two attached hydrogens (primary N) is 1. The average Bonchev–Trinajstić information content (AvgIpc) is 1.82. The van der Waals surface area contributed by atoms with Gasteiger partial charge in [-0.1, -0.05) is 0 Å². The minimum Gasteiger partial charge on any atom is -0.545 e. The number of carboxylic acid groups (broad SMARTS) is 1. The molecule has 0 unspecified atom stereocenters. The molecule has 0 aliphatic heterocycles. The van der Waals surface area contributed by atoms with Gasteiger partial charge in [0.15, 0.2) is 0 Å². The zero-order valence-corrected chi connectivity index (χ0v) is 10.1. The summed E-state index contributed by atoms with van der Waals surface area (Å²) in [6, 6.07) is 2.04. The van der Waals surface area contributed by atoms with Gasteiger partial charge < -0.3 is 25.8 Å². The summed E-state index contributed by atoms with van der Waals surface area (Å²) in [5, 5.41) is 28.2. The number of aromatic hydroxyl groups is 2. The summed E-state index contributed by atoms with van der Waals surface area (Å²) in [4.78, 5) is 10.3. The minimum absolute atomic E-state index is 0. The first-order valence-electron chi connectivity index (χ1n) is 3.05. The van der Waals surface area contributed by atoms with Gasteiger partial charge in [-0.15, -0.1) is 0 Å². The van der Waals surface area contributed by atoms with Crippen molar-refractivity contribution in [3.8, 4) is 11.5 Å². The largest absolute Gasteiger partial charge is 1.00 e. The molecule has 0 amide bonds. The van der Waals surface area contributed by atoms with Crippen molar-refractivity contribution in [2.45, 2.75) is 0 Å². The number of phenols is 2. The Balaban J connectivity index is 0.00000144. The number of benzene rings is 1. The van der Waals surface area contributed by atoms with Gasteiger partial charge in [-0.3, -0.25) is 0 Å². The maximum atomic E-state index is 10.3. The number of anilines is 1. The van der Waals surface area contributed by atoms with Crippen LogP contribution in [0.1, 0.15) is 10.4 Å². The Hall–Kier alpha value is -0.274. The summed E-state index contributed by atoms with van der Waals surface area (Å²) in [6.45, 7) is 0. The molecule has 13 heavy (non-hydrogen) atoms. The van der Waals surface area contributed by atoms with Crippen LogP contribution in [0.5, 0.6) is 11.5 Å². The van der Waals surface area contributed by atoms with E-state index in [1.807, 2.05) is 0 Å². The van der Waals surface area contributed by atoms with E-state index in [-0.39, 0.29) is 57.1 Å². The van der Waals surface area contributed by atoms with Crippen molar-refractivity contribution < 1.29 is 71.5 Å². The third kappa shape index (κ3) is 2.85. The average molecular weight is 207 g/mol. The fourth-order valence-corrected chi connectivity index (χ4v) is 0.842. The molecule has 0 radical (unpaired) electrons. The van der Waals surface area contributed by atoms with Gasteiger partial charge in [-0.2, -0.15) is 0 Å². The summed E-state index contributed by atoms with van der Waals surface area (Å²) in [6.07, 6.45) is 0. The van der Waals surface area contributed by atoms with Gasteiger partial charge in [0.05, 0.1) is 11.5 Å². The number of hydrogen-bond acceptors (Lipinski definition) is 5. The second kappa shape index (κ2) is 4.82. The van der Waals surface area contributed by atoms with Crippen molar-refractivity contribution in [2.75, 3.05) is 5.73 Å². The maximum absolute atomic E-state index is 10.3. The van der Waals surface area contributed by atoms with Crippen molar-refractivity contribution in [1.29, 1.82) is 0 Å². The van der Waals surface area contributed by atoms with Crippen molar-refractivity contribution in [3.05, 3.63) is 17.7 Å². The molecule has 0 saturated heterocycles. The van der Waals surface area contributed by atoms with E-state index in [0.29, 0.717) is 0 Å². The van der Waals surface area contributed by atoms with Crippen LogP contribution in [-0.2, 0) is 0 Å². The van der Waals surface area contributed by atoms with Crippen LogP contribution in [-0.4, -0.2) is 16.2 Å². The SMILES string of the molecule is Nc1cc(O)c(C(=O)[O-])c(O)c1.[K+]. The molecule has 6 heteroatoms. The summed E-state index contributed by atoms with van der Waals surface area (Å²) < 4.78 is 0. The molecule has 0 fully saturated rings. The van der Waals surface area contributed by atoms with Crippen LogP contribution in [0.3, 0.4) is 0 Å². The molecule has 0 spiro atoms. The molecule has 0 aliphatic carbocycles. The topological polar surface area (TPSA) is 107 Å². The Bertz CT molecular complexity index is 316. The van der Waals surface area contributed by atoms with E-state index < -0.39 is 23.0 Å². The summed E-state index contributed by atoms with van der Waals surface area (Å²) >= 11 is 0. The number of rotatable bonds is 1. The van der Waals surface area contributed by atoms with Gasteiger partial charge in [-0.25, -0.2) is 0 Å². The van der Waals surface area contributed by atoms with E-state index in [9.17, 15) is 9.90 Å². The Kier molecular flexibility index (Phi) is 4.72. The van der Waals surface area contributed by atoms with Crippen LogP contribution >= 0.6 is 0 Å². The fraction of sp³-hybridized carbons (Fsp3) is 0. The molecule has 0 atom stereocenters. The van der Waals surface area contributed by atoms with Crippen LogP contribution < -0.4 is 62.2 Å². The fourth-order valence-electron chi connectivity index (χ4n) is 0.842. The predicted molar refractivity (Wildman–Crippen MR) is 38.5 cm³/mol. The van der Waals surface area contributed by atoms with E-state index in [4.69, 9.17) is 15.9 Å². The quantitative estimate of drug-likeness (QED) is 0.322. The molecular weight excluding hydrogens is 201 g/mol. The maximum Gasteiger partial charge on any atom is 1.00 e. The number of hydrogen-bond donors (Lipinski definition) is 3. The number of carbonyl (C=O) groups is 1.